The molecular weight excluding hydrogens is 374 g/mol. The lowest BCUT2D eigenvalue weighted by Gasteiger charge is -2.17. The summed E-state index contributed by atoms with van der Waals surface area (Å²) in [5, 5.41) is 3.51. The Kier molecular flexibility index (Phi) is 8.80. The van der Waals surface area contributed by atoms with E-state index in [-0.39, 0.29) is 11.3 Å². The van der Waals surface area contributed by atoms with Crippen molar-refractivity contribution in [2.45, 2.75) is 43.4 Å². The van der Waals surface area contributed by atoms with Crippen LogP contribution >= 0.6 is 0 Å². The predicted molar refractivity (Wildman–Crippen MR) is 114 cm³/mol. The van der Waals surface area contributed by atoms with E-state index in [0.29, 0.717) is 12.4 Å². The molecule has 0 radical (unpaired) electrons. The highest BCUT2D eigenvalue weighted by Gasteiger charge is 2.15. The summed E-state index contributed by atoms with van der Waals surface area (Å²) < 4.78 is 29.0. The number of methoxy groups -OCH3 is 2. The molecule has 5 nitrogen and oxygen atoms in total. The van der Waals surface area contributed by atoms with E-state index >= 15 is 0 Å². The van der Waals surface area contributed by atoms with Crippen LogP contribution in [-0.4, -0.2) is 42.9 Å². The van der Waals surface area contributed by atoms with E-state index in [1.54, 1.807) is 14.2 Å². The molecule has 0 aromatic heterocycles. The predicted octanol–water partition coefficient (Wildman–Crippen LogP) is 3.82. The van der Waals surface area contributed by atoms with Gasteiger partial charge in [0.15, 0.2) is 11.5 Å². The van der Waals surface area contributed by atoms with Gasteiger partial charge < -0.3 is 19.5 Å². The lowest BCUT2D eigenvalue weighted by Crippen LogP contribution is -2.31. The molecule has 0 bridgehead atoms. The topological polar surface area (TPSA) is 56.8 Å². The van der Waals surface area contributed by atoms with Gasteiger partial charge in [-0.3, -0.25) is 4.21 Å². The first-order valence-corrected chi connectivity index (χ1v) is 10.7. The van der Waals surface area contributed by atoms with Crippen molar-refractivity contribution in [2.75, 3.05) is 27.4 Å². The fourth-order valence-corrected chi connectivity index (χ4v) is 4.01. The molecule has 2 aromatic rings. The minimum atomic E-state index is -1.08. The van der Waals surface area contributed by atoms with E-state index in [1.165, 1.54) is 0 Å². The average Bonchev–Trinajstić information content (AvgIpc) is 2.70. The first-order chi connectivity index (χ1) is 13.5. The SMILES string of the molecule is COc1ccccc1OCCNC(C)Cc1ccc(OC)c(S(=O)C(C)C)c1. The molecule has 0 aliphatic carbocycles. The second-order valence-corrected chi connectivity index (χ2v) is 8.87. The van der Waals surface area contributed by atoms with Crippen molar-refractivity contribution in [2.24, 2.45) is 0 Å². The fraction of sp³-hybridized carbons (Fsp3) is 0.455. The second kappa shape index (κ2) is 11.1. The zero-order chi connectivity index (χ0) is 20.5. The first kappa shape index (κ1) is 22.2. The first-order valence-electron chi connectivity index (χ1n) is 9.53. The molecule has 0 saturated carbocycles. The Morgan fingerprint density at radius 3 is 2.29 bits per heavy atom. The van der Waals surface area contributed by atoms with Crippen LogP contribution in [-0.2, 0) is 17.2 Å². The van der Waals surface area contributed by atoms with E-state index in [0.717, 1.165) is 34.9 Å². The van der Waals surface area contributed by atoms with Crippen molar-refractivity contribution >= 4 is 10.8 Å². The number of ether oxygens (including phenoxy) is 3. The quantitative estimate of drug-likeness (QED) is 0.576. The van der Waals surface area contributed by atoms with Crippen molar-refractivity contribution in [1.29, 1.82) is 0 Å². The zero-order valence-electron chi connectivity index (χ0n) is 17.4. The van der Waals surface area contributed by atoms with Gasteiger partial charge in [-0.25, -0.2) is 0 Å². The Labute approximate surface area is 170 Å². The van der Waals surface area contributed by atoms with E-state index < -0.39 is 10.8 Å². The summed E-state index contributed by atoms with van der Waals surface area (Å²) in [5.41, 5.74) is 1.13. The number of hydrogen-bond donors (Lipinski definition) is 1. The molecule has 0 heterocycles. The molecule has 6 heteroatoms. The maximum Gasteiger partial charge on any atom is 0.161 e. The van der Waals surface area contributed by atoms with Crippen LogP contribution in [0.15, 0.2) is 47.4 Å². The van der Waals surface area contributed by atoms with Crippen LogP contribution in [0, 0.1) is 0 Å². The van der Waals surface area contributed by atoms with E-state index in [9.17, 15) is 4.21 Å². The van der Waals surface area contributed by atoms with Gasteiger partial charge in [0.25, 0.3) is 0 Å². The smallest absolute Gasteiger partial charge is 0.161 e. The van der Waals surface area contributed by atoms with Gasteiger partial charge in [-0.05, 0) is 43.2 Å². The third-order valence-corrected chi connectivity index (χ3v) is 5.95. The van der Waals surface area contributed by atoms with Crippen molar-refractivity contribution in [3.63, 3.8) is 0 Å². The standard InChI is InChI=1S/C22H31NO4S/c1-16(2)28(24)22-15-18(10-11-21(22)26-5)14-17(3)23-12-13-27-20-9-7-6-8-19(20)25-4/h6-11,15-17,23H,12-14H2,1-5H3. The Morgan fingerprint density at radius 1 is 0.964 bits per heavy atom. The van der Waals surface area contributed by atoms with Crippen LogP contribution in [0.25, 0.3) is 0 Å². The molecule has 0 aliphatic heterocycles. The van der Waals surface area contributed by atoms with Crippen LogP contribution in [0.2, 0.25) is 0 Å². The summed E-state index contributed by atoms with van der Waals surface area (Å²) >= 11 is 0. The number of benzene rings is 2. The molecule has 2 rings (SSSR count). The van der Waals surface area contributed by atoms with Gasteiger partial charge in [-0.15, -0.1) is 0 Å². The van der Waals surface area contributed by atoms with Gasteiger partial charge >= 0.3 is 0 Å². The van der Waals surface area contributed by atoms with Gasteiger partial charge in [0.2, 0.25) is 0 Å². The van der Waals surface area contributed by atoms with Gasteiger partial charge in [-0.1, -0.05) is 32.0 Å². The molecular formula is C22H31NO4S. The Balaban J connectivity index is 1.88. The molecule has 2 unspecified atom stereocenters. The van der Waals surface area contributed by atoms with Crippen molar-refractivity contribution in [1.82, 2.24) is 5.32 Å². The van der Waals surface area contributed by atoms with Gasteiger partial charge in [-0.2, -0.15) is 0 Å². The molecule has 0 aliphatic rings. The van der Waals surface area contributed by atoms with E-state index in [2.05, 4.69) is 12.2 Å². The normalized spacial score (nSPS) is 13.2. The largest absolute Gasteiger partial charge is 0.495 e. The highest BCUT2D eigenvalue weighted by molar-refractivity contribution is 7.85. The Bertz CT molecular complexity index is 779. The van der Waals surface area contributed by atoms with E-state index in [4.69, 9.17) is 14.2 Å². The van der Waals surface area contributed by atoms with Crippen LogP contribution in [0.1, 0.15) is 26.3 Å². The second-order valence-electron chi connectivity index (χ2n) is 6.89. The third-order valence-electron chi connectivity index (χ3n) is 4.34. The number of nitrogens with one attached hydrogen (secondary N) is 1. The van der Waals surface area contributed by atoms with Gasteiger partial charge in [0, 0.05) is 17.8 Å². The van der Waals surface area contributed by atoms with Crippen LogP contribution in [0.4, 0.5) is 0 Å². The maximum absolute atomic E-state index is 12.5. The number of para-hydroxylation sites is 2. The monoisotopic (exact) mass is 405 g/mol. The minimum absolute atomic E-state index is 0.0480. The molecule has 0 amide bonds. The van der Waals surface area contributed by atoms with Crippen LogP contribution < -0.4 is 19.5 Å². The molecule has 0 fully saturated rings. The number of hydrogen-bond acceptors (Lipinski definition) is 5. The number of rotatable bonds is 11. The molecule has 0 saturated heterocycles. The van der Waals surface area contributed by atoms with Crippen molar-refractivity contribution in [3.05, 3.63) is 48.0 Å². The van der Waals surface area contributed by atoms with Crippen LogP contribution in [0.3, 0.4) is 0 Å². The highest BCUT2D eigenvalue weighted by atomic mass is 32.2. The summed E-state index contributed by atoms with van der Waals surface area (Å²) in [6, 6.07) is 13.8. The lowest BCUT2D eigenvalue weighted by molar-refractivity contribution is 0.287. The zero-order valence-corrected chi connectivity index (χ0v) is 18.2. The Morgan fingerprint density at radius 2 is 1.64 bits per heavy atom. The van der Waals surface area contributed by atoms with Crippen LogP contribution in [0.5, 0.6) is 17.2 Å². The third kappa shape index (κ3) is 6.24. The van der Waals surface area contributed by atoms with Crippen molar-refractivity contribution in [3.8, 4) is 17.2 Å². The fourth-order valence-electron chi connectivity index (χ4n) is 2.89. The summed E-state index contributed by atoms with van der Waals surface area (Å²) in [6.07, 6.45) is 0.834. The maximum atomic E-state index is 12.5. The van der Waals surface area contributed by atoms with E-state index in [1.807, 2.05) is 56.3 Å². The highest BCUT2D eigenvalue weighted by Crippen LogP contribution is 2.26. The average molecular weight is 406 g/mol. The lowest BCUT2D eigenvalue weighted by atomic mass is 10.1. The summed E-state index contributed by atoms with van der Waals surface area (Å²) in [4.78, 5) is 0.765. The molecule has 1 N–H and O–H groups in total. The molecule has 2 atom stereocenters. The summed E-state index contributed by atoms with van der Waals surface area (Å²) in [6.45, 7) is 7.31. The molecule has 2 aromatic carbocycles. The Hall–Kier alpha value is -2.05. The van der Waals surface area contributed by atoms with Crippen molar-refractivity contribution < 1.29 is 18.4 Å². The summed E-state index contributed by atoms with van der Waals surface area (Å²) in [7, 11) is 2.17. The van der Waals surface area contributed by atoms with Gasteiger partial charge in [0.05, 0.1) is 29.9 Å². The molecule has 28 heavy (non-hydrogen) atoms. The molecule has 0 spiro atoms. The summed E-state index contributed by atoms with van der Waals surface area (Å²) in [5.74, 6) is 2.16. The minimum Gasteiger partial charge on any atom is -0.495 e. The van der Waals surface area contributed by atoms with Gasteiger partial charge in [0.1, 0.15) is 12.4 Å². The molecule has 154 valence electrons.